The molecule has 7 heteroatoms. The van der Waals surface area contributed by atoms with Crippen LogP contribution in [-0.2, 0) is 0 Å². The van der Waals surface area contributed by atoms with Crippen molar-refractivity contribution in [3.8, 4) is 0 Å². The predicted octanol–water partition coefficient (Wildman–Crippen LogP) is 4.98. The second-order valence-corrected chi connectivity index (χ2v) is 6.60. The summed E-state index contributed by atoms with van der Waals surface area (Å²) in [6.45, 7) is 1.93. The standard InChI is InChI=1S/C21H16ClN5O/c1-13-7-8-15(12-16(13)22)25-21-24-11-9-18(27-21)20(28)26-17-6-2-4-14-5-3-10-23-19(14)17/h2-12H,1H3,(H,26,28)(H,24,25,27). The van der Waals surface area contributed by atoms with Crippen molar-refractivity contribution in [3.05, 3.63) is 83.3 Å². The van der Waals surface area contributed by atoms with Gasteiger partial charge in [0.25, 0.3) is 5.91 Å². The summed E-state index contributed by atoms with van der Waals surface area (Å²) in [6, 6.07) is 16.5. The van der Waals surface area contributed by atoms with Gasteiger partial charge in [0, 0.05) is 28.5 Å². The lowest BCUT2D eigenvalue weighted by molar-refractivity contribution is 0.102. The summed E-state index contributed by atoms with van der Waals surface area (Å²) >= 11 is 6.15. The number of halogens is 1. The maximum atomic E-state index is 12.7. The molecule has 2 aromatic carbocycles. The van der Waals surface area contributed by atoms with Gasteiger partial charge in [-0.1, -0.05) is 35.9 Å². The zero-order valence-electron chi connectivity index (χ0n) is 15.0. The molecule has 138 valence electrons. The molecule has 0 saturated heterocycles. The molecule has 0 aliphatic heterocycles. The van der Waals surface area contributed by atoms with E-state index in [1.54, 1.807) is 18.3 Å². The third-order valence-corrected chi connectivity index (χ3v) is 4.60. The Kier molecular flexibility index (Phi) is 4.87. The number of amides is 1. The van der Waals surface area contributed by atoms with Crippen LogP contribution in [0.3, 0.4) is 0 Å². The molecule has 28 heavy (non-hydrogen) atoms. The van der Waals surface area contributed by atoms with E-state index in [1.165, 1.54) is 6.20 Å². The van der Waals surface area contributed by atoms with Crippen molar-refractivity contribution in [2.45, 2.75) is 6.92 Å². The second-order valence-electron chi connectivity index (χ2n) is 6.19. The van der Waals surface area contributed by atoms with Crippen LogP contribution in [0.5, 0.6) is 0 Å². The number of para-hydroxylation sites is 1. The smallest absolute Gasteiger partial charge is 0.274 e. The summed E-state index contributed by atoms with van der Waals surface area (Å²) in [7, 11) is 0. The van der Waals surface area contributed by atoms with Crippen LogP contribution in [0.15, 0.2) is 67.0 Å². The monoisotopic (exact) mass is 389 g/mol. The van der Waals surface area contributed by atoms with Gasteiger partial charge in [-0.2, -0.15) is 0 Å². The summed E-state index contributed by atoms with van der Waals surface area (Å²) in [6.07, 6.45) is 3.22. The fourth-order valence-electron chi connectivity index (χ4n) is 2.74. The number of fused-ring (bicyclic) bond motifs is 1. The number of aryl methyl sites for hydroxylation is 1. The maximum absolute atomic E-state index is 12.7. The van der Waals surface area contributed by atoms with E-state index in [0.29, 0.717) is 16.7 Å². The van der Waals surface area contributed by atoms with Crippen LogP contribution >= 0.6 is 11.6 Å². The molecule has 0 aliphatic rings. The first-order valence-electron chi connectivity index (χ1n) is 8.61. The first-order chi connectivity index (χ1) is 13.6. The number of nitrogens with zero attached hydrogens (tertiary/aromatic N) is 3. The van der Waals surface area contributed by atoms with E-state index in [1.807, 2.05) is 49.4 Å². The number of nitrogens with one attached hydrogen (secondary N) is 2. The number of aromatic nitrogens is 3. The van der Waals surface area contributed by atoms with Crippen molar-refractivity contribution in [3.63, 3.8) is 0 Å². The van der Waals surface area contributed by atoms with Gasteiger partial charge < -0.3 is 10.6 Å². The van der Waals surface area contributed by atoms with Gasteiger partial charge in [-0.3, -0.25) is 9.78 Å². The fourth-order valence-corrected chi connectivity index (χ4v) is 2.92. The van der Waals surface area contributed by atoms with E-state index in [0.717, 1.165) is 22.2 Å². The van der Waals surface area contributed by atoms with Gasteiger partial charge in [0.1, 0.15) is 5.69 Å². The number of carbonyl (C=O) groups excluding carboxylic acids is 1. The molecule has 0 saturated carbocycles. The lowest BCUT2D eigenvalue weighted by Crippen LogP contribution is -2.15. The topological polar surface area (TPSA) is 79.8 Å². The maximum Gasteiger partial charge on any atom is 0.274 e. The van der Waals surface area contributed by atoms with Crippen molar-refractivity contribution in [1.82, 2.24) is 15.0 Å². The van der Waals surface area contributed by atoms with Gasteiger partial charge in [-0.05, 0) is 42.8 Å². The summed E-state index contributed by atoms with van der Waals surface area (Å²) in [5.74, 6) is -0.0332. The summed E-state index contributed by atoms with van der Waals surface area (Å²) in [5.41, 5.74) is 3.31. The first-order valence-corrected chi connectivity index (χ1v) is 8.99. The summed E-state index contributed by atoms with van der Waals surface area (Å²) in [4.78, 5) is 25.5. The molecule has 0 radical (unpaired) electrons. The fraction of sp³-hybridized carbons (Fsp3) is 0.0476. The van der Waals surface area contributed by atoms with Gasteiger partial charge in [0.05, 0.1) is 11.2 Å². The number of rotatable bonds is 4. The van der Waals surface area contributed by atoms with E-state index >= 15 is 0 Å². The van der Waals surface area contributed by atoms with Crippen LogP contribution in [0.1, 0.15) is 16.1 Å². The average Bonchev–Trinajstić information content (AvgIpc) is 2.71. The zero-order valence-corrected chi connectivity index (χ0v) is 15.7. The molecule has 0 bridgehead atoms. The number of anilines is 3. The minimum absolute atomic E-state index is 0.239. The molecule has 0 spiro atoms. The first kappa shape index (κ1) is 17.9. The zero-order chi connectivity index (χ0) is 19.5. The van der Waals surface area contributed by atoms with Gasteiger partial charge >= 0.3 is 0 Å². The van der Waals surface area contributed by atoms with E-state index in [-0.39, 0.29) is 11.6 Å². The van der Waals surface area contributed by atoms with Crippen molar-refractivity contribution in [2.75, 3.05) is 10.6 Å². The normalized spacial score (nSPS) is 10.6. The van der Waals surface area contributed by atoms with E-state index < -0.39 is 0 Å². The Morgan fingerprint density at radius 1 is 1.00 bits per heavy atom. The Balaban J connectivity index is 1.56. The molecule has 2 N–H and O–H groups in total. The van der Waals surface area contributed by atoms with Crippen molar-refractivity contribution < 1.29 is 4.79 Å². The summed E-state index contributed by atoms with van der Waals surface area (Å²) in [5, 5.41) is 7.52. The third-order valence-electron chi connectivity index (χ3n) is 4.20. The number of hydrogen-bond acceptors (Lipinski definition) is 5. The Labute approximate surface area is 166 Å². The minimum atomic E-state index is -0.342. The van der Waals surface area contributed by atoms with E-state index in [9.17, 15) is 4.79 Å². The Morgan fingerprint density at radius 3 is 2.71 bits per heavy atom. The number of hydrogen-bond donors (Lipinski definition) is 2. The van der Waals surface area contributed by atoms with Crippen LogP contribution in [0, 0.1) is 6.92 Å². The van der Waals surface area contributed by atoms with Gasteiger partial charge in [-0.25, -0.2) is 9.97 Å². The quantitative estimate of drug-likeness (QED) is 0.514. The van der Waals surface area contributed by atoms with Crippen molar-refractivity contribution >= 4 is 45.7 Å². The molecule has 1 amide bonds. The van der Waals surface area contributed by atoms with Crippen molar-refractivity contribution in [1.29, 1.82) is 0 Å². The molecule has 0 unspecified atom stereocenters. The van der Waals surface area contributed by atoms with Crippen LogP contribution in [0.2, 0.25) is 5.02 Å². The molecule has 0 aliphatic carbocycles. The Bertz CT molecular complexity index is 1170. The molecular formula is C21H16ClN5O. The number of benzene rings is 2. The van der Waals surface area contributed by atoms with Crippen LogP contribution in [0.4, 0.5) is 17.3 Å². The highest BCUT2D eigenvalue weighted by Crippen LogP contribution is 2.23. The SMILES string of the molecule is Cc1ccc(Nc2nccc(C(=O)Nc3cccc4cccnc34)n2)cc1Cl. The van der Waals surface area contributed by atoms with Gasteiger partial charge in [-0.15, -0.1) is 0 Å². The van der Waals surface area contributed by atoms with Gasteiger partial charge in [0.2, 0.25) is 5.95 Å². The highest BCUT2D eigenvalue weighted by molar-refractivity contribution is 6.31. The highest BCUT2D eigenvalue weighted by Gasteiger charge is 2.12. The average molecular weight is 390 g/mol. The number of carbonyl (C=O) groups is 1. The molecule has 2 heterocycles. The van der Waals surface area contributed by atoms with Crippen molar-refractivity contribution in [2.24, 2.45) is 0 Å². The predicted molar refractivity (Wildman–Crippen MR) is 111 cm³/mol. The second kappa shape index (κ2) is 7.62. The Hall–Kier alpha value is -3.51. The number of pyridine rings is 1. The van der Waals surface area contributed by atoms with E-state index in [4.69, 9.17) is 11.6 Å². The minimum Gasteiger partial charge on any atom is -0.324 e. The Morgan fingerprint density at radius 2 is 1.86 bits per heavy atom. The lowest BCUT2D eigenvalue weighted by Gasteiger charge is -2.09. The van der Waals surface area contributed by atoms with Crippen LogP contribution in [0.25, 0.3) is 10.9 Å². The van der Waals surface area contributed by atoms with Crippen LogP contribution in [-0.4, -0.2) is 20.9 Å². The van der Waals surface area contributed by atoms with Crippen LogP contribution < -0.4 is 10.6 Å². The molecule has 0 fully saturated rings. The van der Waals surface area contributed by atoms with Gasteiger partial charge in [0.15, 0.2) is 0 Å². The largest absolute Gasteiger partial charge is 0.324 e. The van der Waals surface area contributed by atoms with E-state index in [2.05, 4.69) is 25.6 Å². The molecule has 2 aromatic heterocycles. The molecular weight excluding hydrogens is 374 g/mol. The molecule has 0 atom stereocenters. The third kappa shape index (κ3) is 3.77. The lowest BCUT2D eigenvalue weighted by atomic mass is 10.2. The molecule has 4 aromatic rings. The molecule has 4 rings (SSSR count). The summed E-state index contributed by atoms with van der Waals surface area (Å²) < 4.78 is 0. The molecule has 6 nitrogen and oxygen atoms in total. The highest BCUT2D eigenvalue weighted by atomic mass is 35.5.